The first-order valence-electron chi connectivity index (χ1n) is 9.65. The maximum Gasteiger partial charge on any atom is 0.126 e. The quantitative estimate of drug-likeness (QED) is 0.485. The molecular formula is C22H29N3S. The van der Waals surface area contributed by atoms with E-state index in [1.165, 1.54) is 20.7 Å². The summed E-state index contributed by atoms with van der Waals surface area (Å²) in [7, 11) is 0. The fraction of sp³-hybridized carbons (Fsp3) is 0.409. The van der Waals surface area contributed by atoms with Gasteiger partial charge in [-0.15, -0.1) is 11.3 Å². The minimum absolute atomic E-state index is 0.417. The highest BCUT2D eigenvalue weighted by Crippen LogP contribution is 2.28. The van der Waals surface area contributed by atoms with E-state index in [9.17, 15) is 0 Å². The summed E-state index contributed by atoms with van der Waals surface area (Å²) in [6.45, 7) is 8.69. The average molecular weight is 368 g/mol. The molecule has 0 aliphatic heterocycles. The van der Waals surface area contributed by atoms with Gasteiger partial charge in [0.2, 0.25) is 0 Å². The van der Waals surface area contributed by atoms with Gasteiger partial charge in [0.15, 0.2) is 0 Å². The van der Waals surface area contributed by atoms with Gasteiger partial charge in [-0.2, -0.15) is 0 Å². The Morgan fingerprint density at radius 2 is 1.88 bits per heavy atom. The van der Waals surface area contributed by atoms with Gasteiger partial charge in [-0.25, -0.2) is 4.98 Å². The van der Waals surface area contributed by atoms with Gasteiger partial charge >= 0.3 is 0 Å². The zero-order valence-electron chi connectivity index (χ0n) is 16.0. The number of nitrogens with one attached hydrogen (secondary N) is 2. The lowest BCUT2D eigenvalue weighted by Gasteiger charge is -2.15. The summed E-state index contributed by atoms with van der Waals surface area (Å²) in [6.07, 6.45) is 3.33. The highest BCUT2D eigenvalue weighted by atomic mass is 32.1. The molecule has 0 saturated carbocycles. The molecule has 2 heterocycles. The number of anilines is 1. The Kier molecular flexibility index (Phi) is 6.64. The van der Waals surface area contributed by atoms with Crippen LogP contribution in [-0.2, 0) is 12.8 Å². The fourth-order valence-electron chi connectivity index (χ4n) is 3.22. The van der Waals surface area contributed by atoms with Crippen LogP contribution in [-0.4, -0.2) is 18.1 Å². The Bertz CT molecular complexity index is 840. The maximum absolute atomic E-state index is 4.66. The van der Waals surface area contributed by atoms with Crippen molar-refractivity contribution >= 4 is 28.1 Å². The molecule has 0 aliphatic rings. The molecule has 3 nitrogen and oxygen atoms in total. The molecule has 138 valence electrons. The molecular weight excluding hydrogens is 338 g/mol. The van der Waals surface area contributed by atoms with Crippen LogP contribution in [0.5, 0.6) is 0 Å². The molecule has 3 aromatic rings. The minimum Gasteiger partial charge on any atom is -0.370 e. The summed E-state index contributed by atoms with van der Waals surface area (Å²) in [5.41, 5.74) is 2.53. The number of pyridine rings is 1. The molecule has 0 bridgehead atoms. The zero-order chi connectivity index (χ0) is 18.4. The normalized spacial score (nSPS) is 12.4. The van der Waals surface area contributed by atoms with Gasteiger partial charge in [0.1, 0.15) is 5.82 Å². The fourth-order valence-corrected chi connectivity index (χ4v) is 4.36. The van der Waals surface area contributed by atoms with Crippen molar-refractivity contribution in [2.24, 2.45) is 0 Å². The van der Waals surface area contributed by atoms with Crippen LogP contribution in [0.2, 0.25) is 0 Å². The van der Waals surface area contributed by atoms with Crippen LogP contribution in [0.15, 0.2) is 42.5 Å². The standard InChI is InChI=1S/C22H29N3S/c1-4-18-15-19(21(5-2)26-18)16(3)23-13-8-14-24-22-12-11-17-9-6-7-10-20(17)25-22/h6-7,9-12,15-16,23H,4-5,8,13-14H2,1-3H3,(H,24,25). The smallest absolute Gasteiger partial charge is 0.126 e. The molecule has 26 heavy (non-hydrogen) atoms. The molecule has 1 atom stereocenters. The molecule has 2 N–H and O–H groups in total. The molecule has 0 aliphatic carbocycles. The summed E-state index contributed by atoms with van der Waals surface area (Å²) < 4.78 is 0. The van der Waals surface area contributed by atoms with Crippen LogP contribution in [0, 0.1) is 0 Å². The number of benzene rings is 1. The van der Waals surface area contributed by atoms with Gasteiger partial charge < -0.3 is 10.6 Å². The van der Waals surface area contributed by atoms with Gasteiger partial charge in [0, 0.05) is 27.7 Å². The molecule has 0 fully saturated rings. The predicted molar refractivity (Wildman–Crippen MR) is 114 cm³/mol. The number of hydrogen-bond donors (Lipinski definition) is 2. The monoisotopic (exact) mass is 367 g/mol. The van der Waals surface area contributed by atoms with Crippen molar-refractivity contribution in [1.82, 2.24) is 10.3 Å². The van der Waals surface area contributed by atoms with E-state index in [1.54, 1.807) is 0 Å². The Labute approximate surface area is 160 Å². The lowest BCUT2D eigenvalue weighted by atomic mass is 10.1. The molecule has 4 heteroatoms. The van der Waals surface area contributed by atoms with E-state index in [1.807, 2.05) is 23.5 Å². The van der Waals surface area contributed by atoms with Crippen molar-refractivity contribution in [3.8, 4) is 0 Å². The van der Waals surface area contributed by atoms with Crippen molar-refractivity contribution < 1.29 is 0 Å². The first-order chi connectivity index (χ1) is 12.7. The number of nitrogens with zero attached hydrogens (tertiary/aromatic N) is 1. The lowest BCUT2D eigenvalue weighted by Crippen LogP contribution is -2.22. The van der Waals surface area contributed by atoms with Gasteiger partial charge in [-0.3, -0.25) is 0 Å². The van der Waals surface area contributed by atoms with E-state index in [0.717, 1.165) is 43.7 Å². The van der Waals surface area contributed by atoms with Crippen molar-refractivity contribution in [2.45, 2.75) is 46.1 Å². The summed E-state index contributed by atoms with van der Waals surface area (Å²) in [6, 6.07) is 15.2. The third kappa shape index (κ3) is 4.63. The first-order valence-corrected chi connectivity index (χ1v) is 10.5. The first kappa shape index (κ1) is 18.9. The zero-order valence-corrected chi connectivity index (χ0v) is 16.8. The van der Waals surface area contributed by atoms with E-state index in [4.69, 9.17) is 0 Å². The number of fused-ring (bicyclic) bond motifs is 1. The van der Waals surface area contributed by atoms with E-state index in [-0.39, 0.29) is 0 Å². The maximum atomic E-state index is 4.66. The Morgan fingerprint density at radius 1 is 1.04 bits per heavy atom. The number of thiophene rings is 1. The second-order valence-corrected chi connectivity index (χ2v) is 7.86. The number of aromatic nitrogens is 1. The predicted octanol–water partition coefficient (Wildman–Crippen LogP) is 5.57. The number of hydrogen-bond acceptors (Lipinski definition) is 4. The Balaban J connectivity index is 1.45. The third-order valence-electron chi connectivity index (χ3n) is 4.74. The molecule has 3 rings (SSSR count). The van der Waals surface area contributed by atoms with Crippen LogP contribution in [0.4, 0.5) is 5.82 Å². The molecule has 2 aromatic heterocycles. The Hall–Kier alpha value is -1.91. The number of para-hydroxylation sites is 1. The van der Waals surface area contributed by atoms with E-state index in [2.05, 4.69) is 66.7 Å². The van der Waals surface area contributed by atoms with Crippen molar-refractivity contribution in [2.75, 3.05) is 18.4 Å². The summed E-state index contributed by atoms with van der Waals surface area (Å²) in [4.78, 5) is 7.68. The van der Waals surface area contributed by atoms with E-state index < -0.39 is 0 Å². The van der Waals surface area contributed by atoms with Crippen molar-refractivity contribution in [1.29, 1.82) is 0 Å². The lowest BCUT2D eigenvalue weighted by molar-refractivity contribution is 0.563. The molecule has 1 aromatic carbocycles. The highest BCUT2D eigenvalue weighted by molar-refractivity contribution is 7.12. The molecule has 0 radical (unpaired) electrons. The second kappa shape index (κ2) is 9.15. The number of aryl methyl sites for hydroxylation is 2. The van der Waals surface area contributed by atoms with Crippen LogP contribution in [0.1, 0.15) is 48.6 Å². The van der Waals surface area contributed by atoms with Gasteiger partial charge in [0.25, 0.3) is 0 Å². The molecule has 0 saturated heterocycles. The van der Waals surface area contributed by atoms with Crippen LogP contribution in [0.25, 0.3) is 10.9 Å². The largest absolute Gasteiger partial charge is 0.370 e. The van der Waals surface area contributed by atoms with Crippen LogP contribution in [0.3, 0.4) is 0 Å². The van der Waals surface area contributed by atoms with E-state index in [0.29, 0.717) is 6.04 Å². The van der Waals surface area contributed by atoms with Gasteiger partial charge in [0.05, 0.1) is 5.52 Å². The van der Waals surface area contributed by atoms with Crippen LogP contribution < -0.4 is 10.6 Å². The summed E-state index contributed by atoms with van der Waals surface area (Å²) >= 11 is 1.97. The molecule has 0 spiro atoms. The van der Waals surface area contributed by atoms with Gasteiger partial charge in [-0.1, -0.05) is 32.0 Å². The molecule has 0 amide bonds. The minimum atomic E-state index is 0.417. The second-order valence-electron chi connectivity index (χ2n) is 6.64. The summed E-state index contributed by atoms with van der Waals surface area (Å²) in [5.74, 6) is 0.954. The Morgan fingerprint density at radius 3 is 2.69 bits per heavy atom. The van der Waals surface area contributed by atoms with E-state index >= 15 is 0 Å². The van der Waals surface area contributed by atoms with Crippen molar-refractivity contribution in [3.63, 3.8) is 0 Å². The third-order valence-corrected chi connectivity index (χ3v) is 6.18. The molecule has 1 unspecified atom stereocenters. The number of rotatable bonds is 9. The van der Waals surface area contributed by atoms with Gasteiger partial charge in [-0.05, 0) is 62.6 Å². The summed E-state index contributed by atoms with van der Waals surface area (Å²) in [5, 5.41) is 8.29. The highest BCUT2D eigenvalue weighted by Gasteiger charge is 2.12. The topological polar surface area (TPSA) is 37.0 Å². The van der Waals surface area contributed by atoms with Crippen molar-refractivity contribution in [3.05, 3.63) is 57.8 Å². The SMILES string of the molecule is CCc1cc(C(C)NCCCNc2ccc3ccccc3n2)c(CC)s1. The van der Waals surface area contributed by atoms with Crippen LogP contribution >= 0.6 is 11.3 Å². The average Bonchev–Trinajstić information content (AvgIpc) is 3.11.